The third-order valence-corrected chi connectivity index (χ3v) is 6.38. The third kappa shape index (κ3) is 3.85. The molecule has 0 bridgehead atoms. The monoisotopic (exact) mass is 412 g/mol. The van der Waals surface area contributed by atoms with E-state index in [-0.39, 0.29) is 24.3 Å². The number of piperazine rings is 2. The molecule has 2 atom stereocenters. The van der Waals surface area contributed by atoms with Crippen LogP contribution in [0.4, 0.5) is 5.69 Å². The summed E-state index contributed by atoms with van der Waals surface area (Å²) in [7, 11) is 3.89. The lowest BCUT2D eigenvalue weighted by molar-refractivity contribution is -0.152. The van der Waals surface area contributed by atoms with Gasteiger partial charge in [0.05, 0.1) is 6.54 Å². The van der Waals surface area contributed by atoms with Gasteiger partial charge < -0.3 is 20.0 Å². The lowest BCUT2D eigenvalue weighted by atomic mass is 10.0. The van der Waals surface area contributed by atoms with Crippen molar-refractivity contribution in [2.75, 3.05) is 38.6 Å². The fraction of sp³-hybridized carbons (Fsp3) is 0.381. The Balaban J connectivity index is 1.44. The Labute approximate surface area is 173 Å². The Bertz CT molecular complexity index is 911. The third-order valence-electron chi connectivity index (χ3n) is 5.48. The predicted octanol–water partition coefficient (Wildman–Crippen LogP) is 1.21. The number of hydrogen-bond acceptors (Lipinski definition) is 5. The van der Waals surface area contributed by atoms with E-state index in [0.717, 1.165) is 10.6 Å². The lowest BCUT2D eigenvalue weighted by Crippen LogP contribution is -2.70. The minimum absolute atomic E-state index is 0.0644. The maximum absolute atomic E-state index is 12.9. The van der Waals surface area contributed by atoms with Gasteiger partial charge in [-0.1, -0.05) is 6.07 Å². The second kappa shape index (κ2) is 7.87. The molecule has 2 aliphatic rings. The van der Waals surface area contributed by atoms with Crippen molar-refractivity contribution in [1.82, 2.24) is 15.1 Å². The van der Waals surface area contributed by atoms with Crippen molar-refractivity contribution < 1.29 is 14.4 Å². The van der Waals surface area contributed by atoms with Crippen LogP contribution in [-0.2, 0) is 16.0 Å². The number of benzene rings is 1. The van der Waals surface area contributed by atoms with Crippen molar-refractivity contribution in [3.05, 3.63) is 52.2 Å². The molecule has 1 aromatic heterocycles. The highest BCUT2D eigenvalue weighted by molar-refractivity contribution is 7.09. The van der Waals surface area contributed by atoms with Crippen LogP contribution in [0.5, 0.6) is 0 Å². The average Bonchev–Trinajstić information content (AvgIpc) is 3.24. The highest BCUT2D eigenvalue weighted by Gasteiger charge is 2.44. The number of amides is 3. The van der Waals surface area contributed by atoms with Gasteiger partial charge in [0.15, 0.2) is 0 Å². The van der Waals surface area contributed by atoms with Gasteiger partial charge in [-0.05, 0) is 35.7 Å². The first kappa shape index (κ1) is 19.4. The number of carbonyl (C=O) groups is 3. The lowest BCUT2D eigenvalue weighted by Gasteiger charge is -2.45. The van der Waals surface area contributed by atoms with E-state index in [1.807, 2.05) is 48.6 Å². The smallest absolute Gasteiger partial charge is 0.254 e. The van der Waals surface area contributed by atoms with Crippen molar-refractivity contribution in [2.24, 2.45) is 0 Å². The predicted molar refractivity (Wildman–Crippen MR) is 112 cm³/mol. The molecule has 8 heteroatoms. The van der Waals surface area contributed by atoms with Crippen LogP contribution in [0, 0.1) is 0 Å². The van der Waals surface area contributed by atoms with Gasteiger partial charge in [0.25, 0.3) is 5.91 Å². The number of anilines is 1. The fourth-order valence-electron chi connectivity index (χ4n) is 3.84. The van der Waals surface area contributed by atoms with Crippen LogP contribution in [0.2, 0.25) is 0 Å². The van der Waals surface area contributed by atoms with Crippen LogP contribution in [0.25, 0.3) is 0 Å². The number of fused-ring (bicyclic) bond motifs is 1. The first-order valence-electron chi connectivity index (χ1n) is 9.64. The van der Waals surface area contributed by atoms with Crippen molar-refractivity contribution in [3.8, 4) is 0 Å². The molecule has 2 saturated heterocycles. The van der Waals surface area contributed by atoms with Crippen LogP contribution < -0.4 is 10.2 Å². The van der Waals surface area contributed by atoms with Crippen LogP contribution >= 0.6 is 11.3 Å². The van der Waals surface area contributed by atoms with Gasteiger partial charge in [-0.2, -0.15) is 0 Å². The molecule has 0 aliphatic carbocycles. The quantitative estimate of drug-likeness (QED) is 0.819. The summed E-state index contributed by atoms with van der Waals surface area (Å²) in [6, 6.07) is 10.1. The average molecular weight is 413 g/mol. The molecule has 0 unspecified atom stereocenters. The second-order valence-corrected chi connectivity index (χ2v) is 8.62. The summed E-state index contributed by atoms with van der Waals surface area (Å²) >= 11 is 1.58. The Hall–Kier alpha value is -2.87. The summed E-state index contributed by atoms with van der Waals surface area (Å²) in [5.74, 6) is -0.368. The van der Waals surface area contributed by atoms with Crippen molar-refractivity contribution in [1.29, 1.82) is 0 Å². The normalized spacial score (nSPS) is 21.6. The van der Waals surface area contributed by atoms with Gasteiger partial charge in [-0.15, -0.1) is 11.3 Å². The Morgan fingerprint density at radius 3 is 2.59 bits per heavy atom. The molecule has 3 heterocycles. The fourth-order valence-corrected chi connectivity index (χ4v) is 4.59. The maximum Gasteiger partial charge on any atom is 0.254 e. The molecule has 0 saturated carbocycles. The molecular formula is C21H24N4O3S. The summed E-state index contributed by atoms with van der Waals surface area (Å²) in [4.78, 5) is 44.8. The molecule has 1 aromatic carbocycles. The second-order valence-electron chi connectivity index (χ2n) is 7.58. The molecule has 7 nitrogen and oxygen atoms in total. The van der Waals surface area contributed by atoms with E-state index in [2.05, 4.69) is 5.32 Å². The van der Waals surface area contributed by atoms with Gasteiger partial charge in [0.2, 0.25) is 11.8 Å². The minimum Gasteiger partial charge on any atom is -0.378 e. The van der Waals surface area contributed by atoms with Gasteiger partial charge in [-0.25, -0.2) is 0 Å². The summed E-state index contributed by atoms with van der Waals surface area (Å²) in [6.45, 7) is 1.02. The SMILES string of the molecule is CN(C)c1ccc(C(=O)N2CCN3C(=O)[C@H](Cc4cccs4)NC(=O)[C@H]3C2)cc1. The number of hydrogen-bond donors (Lipinski definition) is 1. The number of nitrogens with one attached hydrogen (secondary N) is 1. The van der Waals surface area contributed by atoms with Crippen molar-refractivity contribution in [2.45, 2.75) is 18.5 Å². The number of rotatable bonds is 4. The highest BCUT2D eigenvalue weighted by atomic mass is 32.1. The molecule has 1 N–H and O–H groups in total. The standard InChI is InChI=1S/C21H24N4O3S/c1-23(2)15-7-5-14(6-8-15)20(27)24-9-10-25-18(13-24)19(26)22-17(21(25)28)12-16-4-3-11-29-16/h3-8,11,17-18H,9-10,12-13H2,1-2H3,(H,22,26)/t17-,18+/m0/s1. The minimum atomic E-state index is -0.624. The number of thiophene rings is 1. The van der Waals surface area contributed by atoms with Crippen LogP contribution in [-0.4, -0.2) is 73.3 Å². The summed E-state index contributed by atoms with van der Waals surface area (Å²) in [5, 5.41) is 4.82. The summed E-state index contributed by atoms with van der Waals surface area (Å²) < 4.78 is 0. The molecular weight excluding hydrogens is 388 g/mol. The largest absolute Gasteiger partial charge is 0.378 e. The Morgan fingerprint density at radius 2 is 1.93 bits per heavy atom. The van der Waals surface area contributed by atoms with Gasteiger partial charge in [-0.3, -0.25) is 14.4 Å². The van der Waals surface area contributed by atoms with E-state index in [9.17, 15) is 14.4 Å². The van der Waals surface area contributed by atoms with Crippen LogP contribution in [0.15, 0.2) is 41.8 Å². The Morgan fingerprint density at radius 1 is 1.17 bits per heavy atom. The summed E-state index contributed by atoms with van der Waals surface area (Å²) in [5.41, 5.74) is 1.60. The van der Waals surface area contributed by atoms with Crippen molar-refractivity contribution >= 4 is 34.7 Å². The zero-order valence-corrected chi connectivity index (χ0v) is 17.3. The molecule has 0 radical (unpaired) electrons. The Kier molecular flexibility index (Phi) is 5.27. The molecule has 152 valence electrons. The number of carbonyl (C=O) groups excluding carboxylic acids is 3. The van der Waals surface area contributed by atoms with Gasteiger partial charge >= 0.3 is 0 Å². The summed E-state index contributed by atoms with van der Waals surface area (Å²) in [6.07, 6.45) is 0.506. The molecule has 2 fully saturated rings. The van der Waals surface area contributed by atoms with E-state index in [4.69, 9.17) is 0 Å². The van der Waals surface area contributed by atoms with E-state index in [1.165, 1.54) is 0 Å². The maximum atomic E-state index is 12.9. The van der Waals surface area contributed by atoms with E-state index < -0.39 is 12.1 Å². The molecule has 4 rings (SSSR count). The zero-order valence-electron chi connectivity index (χ0n) is 16.5. The van der Waals surface area contributed by atoms with E-state index in [0.29, 0.717) is 25.1 Å². The number of nitrogens with zero attached hydrogens (tertiary/aromatic N) is 3. The van der Waals surface area contributed by atoms with Crippen molar-refractivity contribution in [3.63, 3.8) is 0 Å². The molecule has 2 aromatic rings. The highest BCUT2D eigenvalue weighted by Crippen LogP contribution is 2.21. The molecule has 2 aliphatic heterocycles. The first-order valence-corrected chi connectivity index (χ1v) is 10.5. The molecule has 3 amide bonds. The van der Waals surface area contributed by atoms with Crippen LogP contribution in [0.3, 0.4) is 0 Å². The molecule has 29 heavy (non-hydrogen) atoms. The van der Waals surface area contributed by atoms with Gasteiger partial charge in [0.1, 0.15) is 12.1 Å². The van der Waals surface area contributed by atoms with E-state index in [1.54, 1.807) is 33.3 Å². The van der Waals surface area contributed by atoms with Crippen LogP contribution in [0.1, 0.15) is 15.2 Å². The first-order chi connectivity index (χ1) is 13.9. The van der Waals surface area contributed by atoms with E-state index >= 15 is 0 Å². The topological polar surface area (TPSA) is 73.0 Å². The zero-order chi connectivity index (χ0) is 20.5. The van der Waals surface area contributed by atoms with Gasteiger partial charge in [0, 0.05) is 49.7 Å². The molecule has 0 spiro atoms.